The molecule has 0 saturated carbocycles. The molecule has 2 nitrogen and oxygen atoms in total. The highest BCUT2D eigenvalue weighted by atomic mass is 32.1. The zero-order valence-corrected chi connectivity index (χ0v) is 5.73. The van der Waals surface area contributed by atoms with Crippen molar-refractivity contribution in [1.29, 1.82) is 5.41 Å². The van der Waals surface area contributed by atoms with Crippen molar-refractivity contribution in [3.63, 3.8) is 0 Å². The maximum atomic E-state index is 7.30. The van der Waals surface area contributed by atoms with Gasteiger partial charge in [0, 0.05) is 0 Å². The molecule has 0 bridgehead atoms. The van der Waals surface area contributed by atoms with Gasteiger partial charge in [-0.1, -0.05) is 31.0 Å². The predicted octanol–water partition coefficient (Wildman–Crippen LogP) is 0.935. The zero-order valence-electron chi connectivity index (χ0n) is 4.83. The smallest absolute Gasteiger partial charge is 0.0767 e. The van der Waals surface area contributed by atoms with E-state index in [4.69, 9.17) is 5.41 Å². The first kappa shape index (κ1) is 6.58. The second-order valence-corrected chi connectivity index (χ2v) is 2.06. The van der Waals surface area contributed by atoms with Crippen molar-refractivity contribution in [3.05, 3.63) is 24.3 Å². The highest BCUT2D eigenvalue weighted by molar-refractivity contribution is 7.78. The topological polar surface area (TPSA) is 35.9 Å². The van der Waals surface area contributed by atoms with Crippen molar-refractivity contribution < 1.29 is 0 Å². The number of hydrogen-bond donors (Lipinski definition) is 3. The Labute approximate surface area is 59.7 Å². The quantitative estimate of drug-likeness (QED) is 0.466. The van der Waals surface area contributed by atoms with Gasteiger partial charge in [-0.25, -0.2) is 0 Å². The Kier molecular flexibility index (Phi) is 2.08. The summed E-state index contributed by atoms with van der Waals surface area (Å²) in [4.78, 5) is 0. The minimum atomic E-state index is -0.0154. The predicted molar refractivity (Wildman–Crippen MR) is 41.9 cm³/mol. The highest BCUT2D eigenvalue weighted by Crippen LogP contribution is 1.99. The van der Waals surface area contributed by atoms with Gasteiger partial charge in [-0.05, 0) is 6.08 Å². The maximum Gasteiger partial charge on any atom is 0.0767 e. The molecule has 9 heavy (non-hydrogen) atoms. The van der Waals surface area contributed by atoms with Gasteiger partial charge < -0.3 is 5.41 Å². The molecule has 0 saturated heterocycles. The van der Waals surface area contributed by atoms with Crippen LogP contribution in [0.25, 0.3) is 0 Å². The summed E-state index contributed by atoms with van der Waals surface area (Å²) < 4.78 is 2.69. The van der Waals surface area contributed by atoms with Crippen LogP contribution in [0.4, 0.5) is 0 Å². The summed E-state index contributed by atoms with van der Waals surface area (Å²) in [7, 11) is 0. The molecule has 0 fully saturated rings. The lowest BCUT2D eigenvalue weighted by Crippen LogP contribution is -2.27. The van der Waals surface area contributed by atoms with Crippen LogP contribution in [-0.2, 0) is 0 Å². The summed E-state index contributed by atoms with van der Waals surface area (Å²) in [5, 5.41) is 7.30. The Morgan fingerprint density at radius 2 is 2.33 bits per heavy atom. The van der Waals surface area contributed by atoms with Crippen LogP contribution < -0.4 is 4.72 Å². The lowest BCUT2D eigenvalue weighted by molar-refractivity contribution is 0.983. The van der Waals surface area contributed by atoms with Crippen molar-refractivity contribution in [2.75, 3.05) is 0 Å². The molecule has 2 N–H and O–H groups in total. The Morgan fingerprint density at radius 1 is 1.56 bits per heavy atom. The molecule has 0 aromatic rings. The minimum absolute atomic E-state index is 0.0154. The van der Waals surface area contributed by atoms with Crippen molar-refractivity contribution >= 4 is 18.5 Å². The largest absolute Gasteiger partial charge is 0.303 e. The minimum Gasteiger partial charge on any atom is -0.303 e. The van der Waals surface area contributed by atoms with Crippen molar-refractivity contribution in [2.24, 2.45) is 0 Å². The van der Waals surface area contributed by atoms with E-state index in [0.29, 0.717) is 5.71 Å². The van der Waals surface area contributed by atoms with Crippen LogP contribution in [0, 0.1) is 5.41 Å². The number of hydrogen-bond acceptors (Lipinski definition) is 3. The van der Waals surface area contributed by atoms with E-state index in [1.165, 1.54) is 0 Å². The van der Waals surface area contributed by atoms with Gasteiger partial charge in [0.2, 0.25) is 0 Å². The second kappa shape index (κ2) is 2.85. The molecule has 1 rings (SSSR count). The van der Waals surface area contributed by atoms with Gasteiger partial charge in [0.25, 0.3) is 0 Å². The monoisotopic (exact) mass is 140 g/mol. The van der Waals surface area contributed by atoms with Crippen LogP contribution in [0.2, 0.25) is 0 Å². The molecule has 48 valence electrons. The van der Waals surface area contributed by atoms with E-state index >= 15 is 0 Å². The Bertz CT molecular complexity index is 172. The fourth-order valence-corrected chi connectivity index (χ4v) is 0.880. The summed E-state index contributed by atoms with van der Waals surface area (Å²) >= 11 is 3.85. The van der Waals surface area contributed by atoms with Gasteiger partial charge in [-0.3, -0.25) is 4.72 Å². The normalized spacial score (nSPS) is 25.0. The third-order valence-corrected chi connectivity index (χ3v) is 1.44. The van der Waals surface area contributed by atoms with E-state index < -0.39 is 0 Å². The maximum absolute atomic E-state index is 7.30. The van der Waals surface area contributed by atoms with E-state index in [1.54, 1.807) is 6.08 Å². The Morgan fingerprint density at radius 3 is 2.78 bits per heavy atom. The van der Waals surface area contributed by atoms with Crippen LogP contribution in [0.5, 0.6) is 0 Å². The average molecular weight is 140 g/mol. The molecule has 0 unspecified atom stereocenters. The summed E-state index contributed by atoms with van der Waals surface area (Å²) in [5.74, 6) is 0. The Hall–Kier alpha value is -0.540. The van der Waals surface area contributed by atoms with Crippen LogP contribution >= 0.6 is 12.8 Å². The van der Waals surface area contributed by atoms with Crippen LogP contribution in [-0.4, -0.2) is 11.8 Å². The van der Waals surface area contributed by atoms with Gasteiger partial charge in [0.15, 0.2) is 0 Å². The van der Waals surface area contributed by atoms with E-state index in [9.17, 15) is 0 Å². The first-order valence-electron chi connectivity index (χ1n) is 2.67. The number of thiol groups is 1. The average Bonchev–Trinajstić information content (AvgIpc) is 1.89. The van der Waals surface area contributed by atoms with Crippen LogP contribution in [0.15, 0.2) is 24.3 Å². The number of allylic oxidation sites excluding steroid dienone is 2. The van der Waals surface area contributed by atoms with Gasteiger partial charge in [0.1, 0.15) is 0 Å². The fraction of sp³-hybridized carbons (Fsp3) is 0.167. The summed E-state index contributed by atoms with van der Waals surface area (Å²) in [6.07, 6.45) is 7.36. The van der Waals surface area contributed by atoms with Gasteiger partial charge in [-0.2, -0.15) is 0 Å². The standard InChI is InChI=1S/C6H8N2S/c7-5-3-1-2-4-6(5)8-9/h1-4,6-9H/t6-/m1/s1. The van der Waals surface area contributed by atoms with E-state index in [1.807, 2.05) is 18.2 Å². The molecule has 3 heteroatoms. The van der Waals surface area contributed by atoms with E-state index in [2.05, 4.69) is 17.5 Å². The van der Waals surface area contributed by atoms with Crippen LogP contribution in [0.3, 0.4) is 0 Å². The van der Waals surface area contributed by atoms with Crippen molar-refractivity contribution in [1.82, 2.24) is 4.72 Å². The lowest BCUT2D eigenvalue weighted by Gasteiger charge is -2.10. The summed E-state index contributed by atoms with van der Waals surface area (Å²) in [6, 6.07) is -0.0154. The zero-order chi connectivity index (χ0) is 6.69. The molecule has 1 aliphatic carbocycles. The van der Waals surface area contributed by atoms with Crippen LogP contribution in [0.1, 0.15) is 0 Å². The first-order chi connectivity index (χ1) is 4.34. The summed E-state index contributed by atoms with van der Waals surface area (Å²) in [6.45, 7) is 0. The molecule has 0 aromatic carbocycles. The molecule has 1 aliphatic rings. The molecule has 0 aliphatic heterocycles. The second-order valence-electron chi connectivity index (χ2n) is 1.81. The molecule has 0 aromatic heterocycles. The SMILES string of the molecule is N=C1C=CC=C[C@H]1NS. The van der Waals surface area contributed by atoms with Gasteiger partial charge in [0.05, 0.1) is 11.8 Å². The first-order valence-corrected chi connectivity index (χ1v) is 3.12. The van der Waals surface area contributed by atoms with Crippen molar-refractivity contribution in [2.45, 2.75) is 6.04 Å². The third kappa shape index (κ3) is 1.43. The van der Waals surface area contributed by atoms with E-state index in [-0.39, 0.29) is 6.04 Å². The molecular weight excluding hydrogens is 132 g/mol. The number of rotatable bonds is 1. The summed E-state index contributed by atoms with van der Waals surface area (Å²) in [5.41, 5.74) is 0.549. The van der Waals surface area contributed by atoms with E-state index in [0.717, 1.165) is 0 Å². The highest BCUT2D eigenvalue weighted by Gasteiger charge is 2.06. The molecule has 0 radical (unpaired) electrons. The van der Waals surface area contributed by atoms with Gasteiger partial charge in [-0.15, -0.1) is 0 Å². The molecule has 0 spiro atoms. The molecule has 0 amide bonds. The molecule has 1 atom stereocenters. The van der Waals surface area contributed by atoms with Gasteiger partial charge >= 0.3 is 0 Å². The molecular formula is C6H8N2S. The molecule has 0 heterocycles. The number of nitrogens with one attached hydrogen (secondary N) is 2. The third-order valence-electron chi connectivity index (χ3n) is 1.16. The van der Waals surface area contributed by atoms with Crippen molar-refractivity contribution in [3.8, 4) is 0 Å². The fourth-order valence-electron chi connectivity index (χ4n) is 0.654. The lowest BCUT2D eigenvalue weighted by atomic mass is 10.1. The Balaban J connectivity index is 2.66.